The zero-order valence-electron chi connectivity index (χ0n) is 10.7. The van der Waals surface area contributed by atoms with Crippen LogP contribution in [0.2, 0.25) is 0 Å². The number of nitro benzene ring substituents is 1. The lowest BCUT2D eigenvalue weighted by Crippen LogP contribution is -1.94. The van der Waals surface area contributed by atoms with Crippen LogP contribution in [0.3, 0.4) is 0 Å². The zero-order valence-corrected chi connectivity index (χ0v) is 10.7. The van der Waals surface area contributed by atoms with Crippen LogP contribution in [-0.4, -0.2) is 12.0 Å². The molecule has 0 saturated carbocycles. The molecule has 1 N–H and O–H groups in total. The van der Waals surface area contributed by atoms with Gasteiger partial charge < -0.3 is 10.1 Å². The second kappa shape index (κ2) is 5.39. The first-order chi connectivity index (χ1) is 9.08. The number of non-ortho nitro benzene ring substituents is 1. The van der Waals surface area contributed by atoms with E-state index < -0.39 is 4.92 Å². The van der Waals surface area contributed by atoms with Gasteiger partial charge in [0.1, 0.15) is 11.5 Å². The Hall–Kier alpha value is -2.56. The number of nitro groups is 1. The van der Waals surface area contributed by atoms with Gasteiger partial charge in [-0.1, -0.05) is 12.1 Å². The molecule has 0 atom stereocenters. The third-order valence-corrected chi connectivity index (χ3v) is 2.62. The van der Waals surface area contributed by atoms with Crippen molar-refractivity contribution >= 4 is 11.4 Å². The molecule has 0 spiro atoms. The average Bonchev–Trinajstić information content (AvgIpc) is 2.38. The van der Waals surface area contributed by atoms with E-state index in [1.54, 1.807) is 13.1 Å². The lowest BCUT2D eigenvalue weighted by atomic mass is 10.2. The van der Waals surface area contributed by atoms with Crippen molar-refractivity contribution in [3.8, 4) is 11.5 Å². The van der Waals surface area contributed by atoms with Crippen LogP contribution in [-0.2, 0) is 0 Å². The van der Waals surface area contributed by atoms with E-state index in [0.717, 1.165) is 5.56 Å². The van der Waals surface area contributed by atoms with Crippen molar-refractivity contribution in [2.45, 2.75) is 6.92 Å². The Kier molecular flexibility index (Phi) is 3.66. The Labute approximate surface area is 111 Å². The minimum absolute atomic E-state index is 0.00509. The molecule has 5 heteroatoms. The summed E-state index contributed by atoms with van der Waals surface area (Å²) >= 11 is 0. The Balaban J connectivity index is 2.34. The Morgan fingerprint density at radius 2 is 1.95 bits per heavy atom. The smallest absolute Gasteiger partial charge is 0.275 e. The summed E-state index contributed by atoms with van der Waals surface area (Å²) in [4.78, 5) is 10.4. The fourth-order valence-electron chi connectivity index (χ4n) is 1.71. The van der Waals surface area contributed by atoms with Gasteiger partial charge >= 0.3 is 0 Å². The molecule has 0 aliphatic heterocycles. The van der Waals surface area contributed by atoms with Crippen molar-refractivity contribution in [3.63, 3.8) is 0 Å². The number of benzene rings is 2. The van der Waals surface area contributed by atoms with Crippen LogP contribution in [0.15, 0.2) is 42.5 Å². The van der Waals surface area contributed by atoms with Gasteiger partial charge in [-0.15, -0.1) is 0 Å². The SMILES string of the molecule is CNc1cc(Oc2cccc(C)c2)cc([N+](=O)[O-])c1. The number of ether oxygens (including phenoxy) is 1. The molecule has 0 unspecified atom stereocenters. The van der Waals surface area contributed by atoms with E-state index in [9.17, 15) is 10.1 Å². The van der Waals surface area contributed by atoms with Gasteiger partial charge in [0.25, 0.3) is 5.69 Å². The predicted octanol–water partition coefficient (Wildman–Crippen LogP) is 3.74. The van der Waals surface area contributed by atoms with Crippen LogP contribution in [0.25, 0.3) is 0 Å². The highest BCUT2D eigenvalue weighted by Gasteiger charge is 2.10. The normalized spacial score (nSPS) is 10.0. The van der Waals surface area contributed by atoms with Crippen molar-refractivity contribution in [1.82, 2.24) is 0 Å². The van der Waals surface area contributed by atoms with Gasteiger partial charge in [0.2, 0.25) is 0 Å². The van der Waals surface area contributed by atoms with Crippen molar-refractivity contribution in [2.24, 2.45) is 0 Å². The average molecular weight is 258 g/mol. The van der Waals surface area contributed by atoms with E-state index in [4.69, 9.17) is 4.74 Å². The van der Waals surface area contributed by atoms with Crippen molar-refractivity contribution < 1.29 is 9.66 Å². The standard InChI is InChI=1S/C14H14N2O3/c1-10-4-3-5-13(6-10)19-14-8-11(15-2)7-12(9-14)16(17)18/h3-9,15H,1-2H3. The second-order valence-corrected chi connectivity index (χ2v) is 4.14. The first-order valence-corrected chi connectivity index (χ1v) is 5.80. The van der Waals surface area contributed by atoms with Crippen molar-refractivity contribution in [1.29, 1.82) is 0 Å². The summed E-state index contributed by atoms with van der Waals surface area (Å²) in [6, 6.07) is 12.1. The van der Waals surface area contributed by atoms with E-state index in [0.29, 0.717) is 17.2 Å². The topological polar surface area (TPSA) is 64.4 Å². The van der Waals surface area contributed by atoms with Crippen LogP contribution in [0.5, 0.6) is 11.5 Å². The summed E-state index contributed by atoms with van der Waals surface area (Å²) in [5.74, 6) is 1.09. The maximum absolute atomic E-state index is 10.9. The molecule has 19 heavy (non-hydrogen) atoms. The molecule has 0 radical (unpaired) electrons. The minimum Gasteiger partial charge on any atom is -0.457 e. The Morgan fingerprint density at radius 3 is 2.58 bits per heavy atom. The maximum atomic E-state index is 10.9. The van der Waals surface area contributed by atoms with Gasteiger partial charge in [0.05, 0.1) is 11.0 Å². The summed E-state index contributed by atoms with van der Waals surface area (Å²) in [5, 5.41) is 13.7. The number of rotatable bonds is 4. The van der Waals surface area contributed by atoms with Crippen LogP contribution >= 0.6 is 0 Å². The molecule has 0 fully saturated rings. The molecular weight excluding hydrogens is 244 g/mol. The number of nitrogens with one attached hydrogen (secondary N) is 1. The van der Waals surface area contributed by atoms with Crippen LogP contribution in [0.1, 0.15) is 5.56 Å². The van der Waals surface area contributed by atoms with Gasteiger partial charge in [-0.3, -0.25) is 10.1 Å². The third-order valence-electron chi connectivity index (χ3n) is 2.62. The molecule has 0 aliphatic carbocycles. The van der Waals surface area contributed by atoms with E-state index in [2.05, 4.69) is 5.32 Å². The molecule has 98 valence electrons. The second-order valence-electron chi connectivity index (χ2n) is 4.14. The third kappa shape index (κ3) is 3.22. The molecule has 0 bridgehead atoms. The highest BCUT2D eigenvalue weighted by molar-refractivity contribution is 5.56. The lowest BCUT2D eigenvalue weighted by molar-refractivity contribution is -0.384. The lowest BCUT2D eigenvalue weighted by Gasteiger charge is -2.08. The molecule has 0 heterocycles. The number of hydrogen-bond acceptors (Lipinski definition) is 4. The molecule has 0 amide bonds. The molecule has 0 saturated heterocycles. The maximum Gasteiger partial charge on any atom is 0.275 e. The number of nitrogens with zero attached hydrogens (tertiary/aromatic N) is 1. The highest BCUT2D eigenvalue weighted by Crippen LogP contribution is 2.29. The fraction of sp³-hybridized carbons (Fsp3) is 0.143. The van der Waals surface area contributed by atoms with Crippen LogP contribution in [0.4, 0.5) is 11.4 Å². The van der Waals surface area contributed by atoms with Crippen molar-refractivity contribution in [2.75, 3.05) is 12.4 Å². The minimum atomic E-state index is -0.441. The van der Waals surface area contributed by atoms with Gasteiger partial charge in [0.15, 0.2) is 0 Å². The van der Waals surface area contributed by atoms with Crippen LogP contribution < -0.4 is 10.1 Å². The molecule has 2 aromatic rings. The summed E-state index contributed by atoms with van der Waals surface area (Å²) in [6.07, 6.45) is 0. The summed E-state index contributed by atoms with van der Waals surface area (Å²) in [7, 11) is 1.70. The Bertz CT molecular complexity index is 611. The summed E-state index contributed by atoms with van der Waals surface area (Å²) < 4.78 is 5.65. The van der Waals surface area contributed by atoms with E-state index in [1.165, 1.54) is 12.1 Å². The number of anilines is 1. The first kappa shape index (κ1) is 12.9. The van der Waals surface area contributed by atoms with Gasteiger partial charge in [0, 0.05) is 24.9 Å². The van der Waals surface area contributed by atoms with Gasteiger partial charge in [-0.2, -0.15) is 0 Å². The van der Waals surface area contributed by atoms with Gasteiger partial charge in [-0.25, -0.2) is 0 Å². The molecular formula is C14H14N2O3. The molecule has 0 aliphatic rings. The van der Waals surface area contributed by atoms with E-state index in [-0.39, 0.29) is 5.69 Å². The largest absolute Gasteiger partial charge is 0.457 e. The first-order valence-electron chi connectivity index (χ1n) is 5.80. The summed E-state index contributed by atoms with van der Waals surface area (Å²) in [6.45, 7) is 1.96. The predicted molar refractivity (Wildman–Crippen MR) is 73.9 cm³/mol. The monoisotopic (exact) mass is 258 g/mol. The van der Waals surface area contributed by atoms with E-state index in [1.807, 2.05) is 31.2 Å². The molecule has 5 nitrogen and oxygen atoms in total. The highest BCUT2D eigenvalue weighted by atomic mass is 16.6. The number of hydrogen-bond donors (Lipinski definition) is 1. The quantitative estimate of drug-likeness (QED) is 0.670. The van der Waals surface area contributed by atoms with Crippen LogP contribution in [0, 0.1) is 17.0 Å². The summed E-state index contributed by atoms with van der Waals surface area (Å²) in [5.41, 5.74) is 1.70. The molecule has 2 aromatic carbocycles. The fourth-order valence-corrected chi connectivity index (χ4v) is 1.71. The Morgan fingerprint density at radius 1 is 1.16 bits per heavy atom. The zero-order chi connectivity index (χ0) is 13.8. The molecule has 2 rings (SSSR count). The van der Waals surface area contributed by atoms with E-state index >= 15 is 0 Å². The molecule has 0 aromatic heterocycles. The van der Waals surface area contributed by atoms with Gasteiger partial charge in [-0.05, 0) is 24.6 Å². The number of aryl methyl sites for hydroxylation is 1. The van der Waals surface area contributed by atoms with Crippen molar-refractivity contribution in [3.05, 3.63) is 58.1 Å².